The van der Waals surface area contributed by atoms with Crippen molar-refractivity contribution >= 4 is 34.8 Å². The molecule has 5 rings (SSSR count). The lowest BCUT2D eigenvalue weighted by molar-refractivity contribution is -0.123. The number of hydrogen-bond donors (Lipinski definition) is 2. The molecular formula is C26H26Cl2N2O. The number of benzene rings is 3. The molecule has 160 valence electrons. The maximum absolute atomic E-state index is 13.1. The second-order valence-corrected chi connectivity index (χ2v) is 9.13. The number of amides is 1. The van der Waals surface area contributed by atoms with Gasteiger partial charge in [0.25, 0.3) is 0 Å². The zero-order chi connectivity index (χ0) is 22.0. The lowest BCUT2D eigenvalue weighted by atomic mass is 9.67. The first-order valence-corrected chi connectivity index (χ1v) is 11.3. The summed E-state index contributed by atoms with van der Waals surface area (Å²) in [6, 6.07) is 21.7. The van der Waals surface area contributed by atoms with Crippen LogP contribution < -0.4 is 10.6 Å². The SMILES string of the molecule is Cc1ccc(C)c([C@H]2NCCC[C@]23C(=O)Nc2cc(Cl)ccc23)c1.Clc1ccccc1. The van der Waals surface area contributed by atoms with Crippen molar-refractivity contribution in [2.24, 2.45) is 0 Å². The van der Waals surface area contributed by atoms with Crippen LogP contribution in [0.15, 0.2) is 66.7 Å². The molecule has 2 heterocycles. The molecule has 0 bridgehead atoms. The third kappa shape index (κ3) is 4.23. The Labute approximate surface area is 193 Å². The highest BCUT2D eigenvalue weighted by Crippen LogP contribution is 2.51. The first-order chi connectivity index (χ1) is 14.9. The molecular weight excluding hydrogens is 427 g/mol. The van der Waals surface area contributed by atoms with E-state index in [-0.39, 0.29) is 11.9 Å². The van der Waals surface area contributed by atoms with Gasteiger partial charge in [0.15, 0.2) is 0 Å². The molecule has 3 nitrogen and oxygen atoms in total. The van der Waals surface area contributed by atoms with Crippen molar-refractivity contribution in [3.63, 3.8) is 0 Å². The van der Waals surface area contributed by atoms with Crippen molar-refractivity contribution in [1.29, 1.82) is 0 Å². The Kier molecular flexibility index (Phi) is 6.38. The zero-order valence-corrected chi connectivity index (χ0v) is 19.2. The van der Waals surface area contributed by atoms with Crippen LogP contribution in [0.1, 0.15) is 41.1 Å². The Morgan fingerprint density at radius 1 is 0.935 bits per heavy atom. The fourth-order valence-corrected chi connectivity index (χ4v) is 5.01. The Morgan fingerprint density at radius 3 is 2.42 bits per heavy atom. The van der Waals surface area contributed by atoms with Gasteiger partial charge in [-0.15, -0.1) is 0 Å². The molecule has 3 aromatic carbocycles. The average Bonchev–Trinajstić information content (AvgIpc) is 3.02. The van der Waals surface area contributed by atoms with Gasteiger partial charge in [-0.3, -0.25) is 4.79 Å². The number of fused-ring (bicyclic) bond motifs is 2. The van der Waals surface area contributed by atoms with Crippen molar-refractivity contribution in [1.82, 2.24) is 5.32 Å². The largest absolute Gasteiger partial charge is 0.325 e. The number of hydrogen-bond acceptors (Lipinski definition) is 2. The topological polar surface area (TPSA) is 41.1 Å². The highest BCUT2D eigenvalue weighted by Gasteiger charge is 2.54. The standard InChI is InChI=1S/C20H21ClN2O.C6H5Cl/c1-12-4-5-13(2)15(10-12)18-20(8-3-9-22-18)16-7-6-14(21)11-17(16)23-19(20)24;7-6-4-2-1-3-5-6/h4-7,10-11,18,22H,3,8-9H2,1-2H3,(H,23,24);1-5H/t18-,20-;/m1./s1. The Hall–Kier alpha value is -2.33. The molecule has 0 aromatic heterocycles. The summed E-state index contributed by atoms with van der Waals surface area (Å²) in [5.41, 5.74) is 5.01. The van der Waals surface area contributed by atoms with Crippen LogP contribution in [0.5, 0.6) is 0 Å². The summed E-state index contributed by atoms with van der Waals surface area (Å²) in [6.45, 7) is 5.14. The van der Waals surface area contributed by atoms with Gasteiger partial charge in [-0.1, -0.05) is 71.2 Å². The van der Waals surface area contributed by atoms with E-state index in [1.54, 1.807) is 0 Å². The first kappa shape index (κ1) is 21.9. The van der Waals surface area contributed by atoms with Gasteiger partial charge in [-0.2, -0.15) is 0 Å². The van der Waals surface area contributed by atoms with Crippen LogP contribution in [0.25, 0.3) is 0 Å². The van der Waals surface area contributed by atoms with Gasteiger partial charge in [0.05, 0.1) is 11.5 Å². The van der Waals surface area contributed by atoms with Gasteiger partial charge in [0.1, 0.15) is 0 Å². The number of anilines is 1. The molecule has 0 aliphatic carbocycles. The van der Waals surface area contributed by atoms with Crippen molar-refractivity contribution in [2.45, 2.75) is 38.1 Å². The molecule has 1 saturated heterocycles. The second-order valence-electron chi connectivity index (χ2n) is 8.26. The molecule has 3 aromatic rings. The Bertz CT molecular complexity index is 1100. The number of nitrogens with one attached hydrogen (secondary N) is 2. The van der Waals surface area contributed by atoms with E-state index in [1.807, 2.05) is 48.5 Å². The van der Waals surface area contributed by atoms with E-state index in [2.05, 4.69) is 42.7 Å². The van der Waals surface area contributed by atoms with Crippen LogP contribution in [-0.2, 0) is 10.2 Å². The van der Waals surface area contributed by atoms with Crippen LogP contribution in [0.2, 0.25) is 10.0 Å². The highest BCUT2D eigenvalue weighted by atomic mass is 35.5. The molecule has 1 amide bonds. The third-order valence-electron chi connectivity index (χ3n) is 6.18. The quantitative estimate of drug-likeness (QED) is 0.435. The van der Waals surface area contributed by atoms with Crippen molar-refractivity contribution < 1.29 is 4.79 Å². The molecule has 2 aliphatic heterocycles. The molecule has 2 aliphatic rings. The summed E-state index contributed by atoms with van der Waals surface area (Å²) < 4.78 is 0. The van der Waals surface area contributed by atoms with E-state index in [0.717, 1.165) is 35.7 Å². The smallest absolute Gasteiger partial charge is 0.237 e. The second kappa shape index (κ2) is 9.04. The predicted molar refractivity (Wildman–Crippen MR) is 129 cm³/mol. The fourth-order valence-electron chi connectivity index (χ4n) is 4.69. The van der Waals surface area contributed by atoms with Gasteiger partial charge >= 0.3 is 0 Å². The van der Waals surface area contributed by atoms with Gasteiger partial charge in [0, 0.05) is 15.7 Å². The maximum atomic E-state index is 13.1. The number of halogens is 2. The molecule has 1 fully saturated rings. The molecule has 31 heavy (non-hydrogen) atoms. The summed E-state index contributed by atoms with van der Waals surface area (Å²) in [6.07, 6.45) is 1.83. The fraction of sp³-hybridized carbons (Fsp3) is 0.269. The highest BCUT2D eigenvalue weighted by molar-refractivity contribution is 6.31. The van der Waals surface area contributed by atoms with Crippen LogP contribution in [0.4, 0.5) is 5.69 Å². The van der Waals surface area contributed by atoms with E-state index >= 15 is 0 Å². The summed E-state index contributed by atoms with van der Waals surface area (Å²) in [5.74, 6) is 0.0814. The minimum Gasteiger partial charge on any atom is -0.325 e. The first-order valence-electron chi connectivity index (χ1n) is 10.5. The summed E-state index contributed by atoms with van der Waals surface area (Å²) in [7, 11) is 0. The van der Waals surface area contributed by atoms with Gasteiger partial charge < -0.3 is 10.6 Å². The summed E-state index contributed by atoms with van der Waals surface area (Å²) in [5, 5.41) is 8.14. The zero-order valence-electron chi connectivity index (χ0n) is 17.7. The molecule has 2 atom stereocenters. The predicted octanol–water partition coefficient (Wildman–Crippen LogP) is 6.61. The van der Waals surface area contributed by atoms with E-state index in [9.17, 15) is 4.79 Å². The van der Waals surface area contributed by atoms with Gasteiger partial charge in [-0.05, 0) is 74.2 Å². The summed E-state index contributed by atoms with van der Waals surface area (Å²) >= 11 is 11.7. The lowest BCUT2D eigenvalue weighted by Crippen LogP contribution is -2.50. The average molecular weight is 453 g/mol. The number of carbonyl (C=O) groups is 1. The number of piperidine rings is 1. The van der Waals surface area contributed by atoms with Gasteiger partial charge in [0.2, 0.25) is 5.91 Å². The molecule has 0 radical (unpaired) electrons. The Balaban J connectivity index is 0.000000282. The van der Waals surface area contributed by atoms with Crippen LogP contribution in [0, 0.1) is 13.8 Å². The van der Waals surface area contributed by atoms with E-state index in [0.29, 0.717) is 5.02 Å². The van der Waals surface area contributed by atoms with Crippen molar-refractivity contribution in [3.8, 4) is 0 Å². The van der Waals surface area contributed by atoms with Crippen molar-refractivity contribution in [2.75, 3.05) is 11.9 Å². The van der Waals surface area contributed by atoms with Crippen LogP contribution in [-0.4, -0.2) is 12.5 Å². The number of rotatable bonds is 1. The Morgan fingerprint density at radius 2 is 1.71 bits per heavy atom. The van der Waals surface area contributed by atoms with E-state index < -0.39 is 5.41 Å². The van der Waals surface area contributed by atoms with Gasteiger partial charge in [-0.25, -0.2) is 0 Å². The molecule has 0 unspecified atom stereocenters. The normalized spacial score (nSPS) is 21.8. The van der Waals surface area contributed by atoms with Crippen LogP contribution in [0.3, 0.4) is 0 Å². The van der Waals surface area contributed by atoms with E-state index in [4.69, 9.17) is 23.2 Å². The lowest BCUT2D eigenvalue weighted by Gasteiger charge is -2.41. The van der Waals surface area contributed by atoms with E-state index in [1.165, 1.54) is 16.7 Å². The van der Waals surface area contributed by atoms with Crippen LogP contribution >= 0.6 is 23.2 Å². The van der Waals surface area contributed by atoms with Crippen molar-refractivity contribution in [3.05, 3.63) is 99.0 Å². The maximum Gasteiger partial charge on any atom is 0.237 e. The summed E-state index contributed by atoms with van der Waals surface area (Å²) in [4.78, 5) is 13.1. The minimum atomic E-state index is -0.559. The number of aryl methyl sites for hydroxylation is 2. The third-order valence-corrected chi connectivity index (χ3v) is 6.67. The minimum absolute atomic E-state index is 0.0198. The molecule has 2 N–H and O–H groups in total. The number of carbonyl (C=O) groups excluding carboxylic acids is 1. The molecule has 0 saturated carbocycles. The monoisotopic (exact) mass is 452 g/mol. The molecule has 5 heteroatoms. The molecule has 1 spiro atoms.